The van der Waals surface area contributed by atoms with Crippen LogP contribution in [0.4, 0.5) is 10.1 Å². The standard InChI is InChI=1S/C16H10Cl2FN3O2/c17-9-2-4-13-11(5-9)16(24)22(8-20-13)7-15(23)21-14-6-10(18)1-3-12(14)19/h1-6,8H,7H2,(H,21,23). The van der Waals surface area contributed by atoms with Crippen molar-refractivity contribution in [1.82, 2.24) is 9.55 Å². The molecule has 122 valence electrons. The van der Waals surface area contributed by atoms with Crippen LogP contribution < -0.4 is 10.9 Å². The number of amides is 1. The molecule has 1 aromatic heterocycles. The molecule has 1 amide bonds. The van der Waals surface area contributed by atoms with Crippen molar-refractivity contribution in [2.75, 3.05) is 5.32 Å². The second-order valence-corrected chi connectivity index (χ2v) is 5.88. The van der Waals surface area contributed by atoms with E-state index in [2.05, 4.69) is 10.3 Å². The van der Waals surface area contributed by atoms with Crippen molar-refractivity contribution in [3.05, 3.63) is 68.9 Å². The van der Waals surface area contributed by atoms with Gasteiger partial charge in [0, 0.05) is 10.0 Å². The summed E-state index contributed by atoms with van der Waals surface area (Å²) in [4.78, 5) is 28.5. The molecule has 0 fully saturated rings. The highest BCUT2D eigenvalue weighted by atomic mass is 35.5. The molecule has 3 aromatic rings. The number of hydrogen-bond donors (Lipinski definition) is 1. The van der Waals surface area contributed by atoms with E-state index in [0.717, 1.165) is 10.6 Å². The van der Waals surface area contributed by atoms with Crippen LogP contribution in [0.2, 0.25) is 10.0 Å². The zero-order valence-corrected chi connectivity index (χ0v) is 13.6. The van der Waals surface area contributed by atoms with Crippen molar-refractivity contribution >= 4 is 45.7 Å². The molecule has 0 bridgehead atoms. The van der Waals surface area contributed by atoms with Gasteiger partial charge in [-0.05, 0) is 36.4 Å². The van der Waals surface area contributed by atoms with Crippen LogP contribution in [-0.2, 0) is 11.3 Å². The van der Waals surface area contributed by atoms with Crippen LogP contribution >= 0.6 is 23.2 Å². The second kappa shape index (κ2) is 6.59. The van der Waals surface area contributed by atoms with Crippen LogP contribution in [0.15, 0.2) is 47.5 Å². The number of halogens is 3. The summed E-state index contributed by atoms with van der Waals surface area (Å²) >= 11 is 11.6. The molecule has 0 aliphatic carbocycles. The Labute approximate surface area is 145 Å². The fraction of sp³-hybridized carbons (Fsp3) is 0.0625. The first kappa shape index (κ1) is 16.4. The number of nitrogens with one attached hydrogen (secondary N) is 1. The highest BCUT2D eigenvalue weighted by molar-refractivity contribution is 6.31. The first-order chi connectivity index (χ1) is 11.4. The molecular weight excluding hydrogens is 356 g/mol. The number of benzene rings is 2. The van der Waals surface area contributed by atoms with Gasteiger partial charge in [0.05, 0.1) is 22.9 Å². The van der Waals surface area contributed by atoms with E-state index in [0.29, 0.717) is 15.9 Å². The van der Waals surface area contributed by atoms with E-state index in [4.69, 9.17) is 23.2 Å². The molecule has 1 N–H and O–H groups in total. The minimum Gasteiger partial charge on any atom is -0.322 e. The summed E-state index contributed by atoms with van der Waals surface area (Å²) in [5, 5.41) is 3.35. The lowest BCUT2D eigenvalue weighted by Gasteiger charge is -2.09. The molecule has 1 heterocycles. The average Bonchev–Trinajstić information content (AvgIpc) is 2.54. The maximum Gasteiger partial charge on any atom is 0.261 e. The SMILES string of the molecule is O=C(Cn1cnc2ccc(Cl)cc2c1=O)Nc1cc(Cl)ccc1F. The Morgan fingerprint density at radius 3 is 2.67 bits per heavy atom. The summed E-state index contributed by atoms with van der Waals surface area (Å²) in [6.45, 7) is -0.319. The number of hydrogen-bond acceptors (Lipinski definition) is 3. The van der Waals surface area contributed by atoms with Gasteiger partial charge >= 0.3 is 0 Å². The molecule has 24 heavy (non-hydrogen) atoms. The van der Waals surface area contributed by atoms with Gasteiger partial charge in [-0.15, -0.1) is 0 Å². The molecule has 0 saturated carbocycles. The molecule has 3 rings (SSSR count). The van der Waals surface area contributed by atoms with Crippen molar-refractivity contribution < 1.29 is 9.18 Å². The zero-order chi connectivity index (χ0) is 17.3. The van der Waals surface area contributed by atoms with Gasteiger partial charge in [0.1, 0.15) is 12.4 Å². The van der Waals surface area contributed by atoms with Crippen molar-refractivity contribution in [3.8, 4) is 0 Å². The van der Waals surface area contributed by atoms with Gasteiger partial charge in [-0.1, -0.05) is 23.2 Å². The number of carbonyl (C=O) groups is 1. The normalized spacial score (nSPS) is 10.8. The topological polar surface area (TPSA) is 64.0 Å². The Hall–Kier alpha value is -2.44. The molecule has 0 saturated heterocycles. The Balaban J connectivity index is 1.87. The van der Waals surface area contributed by atoms with E-state index < -0.39 is 17.3 Å². The van der Waals surface area contributed by atoms with Crippen LogP contribution in [0.5, 0.6) is 0 Å². The number of carbonyl (C=O) groups excluding carboxylic acids is 1. The summed E-state index contributed by atoms with van der Waals surface area (Å²) in [6, 6.07) is 8.52. The minimum absolute atomic E-state index is 0.0580. The maximum absolute atomic E-state index is 13.6. The number of rotatable bonds is 3. The minimum atomic E-state index is -0.622. The third-order valence-corrected chi connectivity index (χ3v) is 3.77. The monoisotopic (exact) mass is 365 g/mol. The van der Waals surface area contributed by atoms with E-state index in [9.17, 15) is 14.0 Å². The Bertz CT molecular complexity index is 1000. The summed E-state index contributed by atoms with van der Waals surface area (Å²) in [6.07, 6.45) is 1.26. The third kappa shape index (κ3) is 3.39. The van der Waals surface area contributed by atoms with E-state index >= 15 is 0 Å². The third-order valence-electron chi connectivity index (χ3n) is 3.30. The first-order valence-corrected chi connectivity index (χ1v) is 7.59. The van der Waals surface area contributed by atoms with Gasteiger partial charge in [-0.25, -0.2) is 9.37 Å². The summed E-state index contributed by atoms with van der Waals surface area (Å²) in [5.41, 5.74) is 0.00324. The van der Waals surface area contributed by atoms with Crippen molar-refractivity contribution in [1.29, 1.82) is 0 Å². The molecular formula is C16H10Cl2FN3O2. The van der Waals surface area contributed by atoms with Crippen molar-refractivity contribution in [2.45, 2.75) is 6.54 Å². The van der Waals surface area contributed by atoms with Gasteiger partial charge in [-0.3, -0.25) is 14.2 Å². The average molecular weight is 366 g/mol. The number of nitrogens with zero attached hydrogens (tertiary/aromatic N) is 2. The van der Waals surface area contributed by atoms with Gasteiger partial charge < -0.3 is 5.32 Å². The zero-order valence-electron chi connectivity index (χ0n) is 12.1. The highest BCUT2D eigenvalue weighted by Gasteiger charge is 2.11. The Kier molecular flexibility index (Phi) is 4.51. The molecule has 0 atom stereocenters. The molecule has 5 nitrogen and oxygen atoms in total. The van der Waals surface area contributed by atoms with Crippen LogP contribution in [0.25, 0.3) is 10.9 Å². The van der Waals surface area contributed by atoms with Gasteiger partial charge in [0.25, 0.3) is 5.56 Å². The molecule has 0 spiro atoms. The lowest BCUT2D eigenvalue weighted by atomic mass is 10.2. The van der Waals surface area contributed by atoms with Gasteiger partial charge in [0.2, 0.25) is 5.91 Å². The van der Waals surface area contributed by atoms with Crippen LogP contribution in [0.3, 0.4) is 0 Å². The molecule has 0 unspecified atom stereocenters. The summed E-state index contributed by atoms with van der Waals surface area (Å²) in [7, 11) is 0. The molecule has 2 aromatic carbocycles. The van der Waals surface area contributed by atoms with Gasteiger partial charge in [0.15, 0.2) is 0 Å². The predicted molar refractivity (Wildman–Crippen MR) is 91.1 cm³/mol. The Morgan fingerprint density at radius 2 is 1.88 bits per heavy atom. The maximum atomic E-state index is 13.6. The van der Waals surface area contributed by atoms with Crippen LogP contribution in [0.1, 0.15) is 0 Å². The number of aromatic nitrogens is 2. The highest BCUT2D eigenvalue weighted by Crippen LogP contribution is 2.19. The lowest BCUT2D eigenvalue weighted by Crippen LogP contribution is -2.28. The second-order valence-electron chi connectivity index (χ2n) is 5.01. The molecule has 0 radical (unpaired) electrons. The Morgan fingerprint density at radius 1 is 1.17 bits per heavy atom. The fourth-order valence-corrected chi connectivity index (χ4v) is 2.53. The smallest absolute Gasteiger partial charge is 0.261 e. The van der Waals surface area contributed by atoms with Crippen LogP contribution in [-0.4, -0.2) is 15.5 Å². The first-order valence-electron chi connectivity index (χ1n) is 6.83. The molecule has 8 heteroatoms. The summed E-state index contributed by atoms with van der Waals surface area (Å²) in [5.74, 6) is -1.20. The fourth-order valence-electron chi connectivity index (χ4n) is 2.18. The van der Waals surface area contributed by atoms with E-state index in [1.165, 1.54) is 24.5 Å². The quantitative estimate of drug-likeness (QED) is 0.772. The van der Waals surface area contributed by atoms with Crippen molar-refractivity contribution in [2.24, 2.45) is 0 Å². The van der Waals surface area contributed by atoms with Crippen molar-refractivity contribution in [3.63, 3.8) is 0 Å². The molecule has 0 aliphatic rings. The van der Waals surface area contributed by atoms with E-state index in [1.54, 1.807) is 12.1 Å². The van der Waals surface area contributed by atoms with Crippen LogP contribution in [0, 0.1) is 5.82 Å². The molecule has 0 aliphatic heterocycles. The van der Waals surface area contributed by atoms with E-state index in [1.807, 2.05) is 0 Å². The summed E-state index contributed by atoms with van der Waals surface area (Å²) < 4.78 is 14.8. The van der Waals surface area contributed by atoms with E-state index in [-0.39, 0.29) is 17.3 Å². The number of anilines is 1. The lowest BCUT2D eigenvalue weighted by molar-refractivity contribution is -0.116. The largest absolute Gasteiger partial charge is 0.322 e. The predicted octanol–water partition coefficient (Wildman–Crippen LogP) is 3.48. The van der Waals surface area contributed by atoms with Gasteiger partial charge in [-0.2, -0.15) is 0 Å². The number of fused-ring (bicyclic) bond motifs is 1.